The van der Waals surface area contributed by atoms with Gasteiger partial charge in [0.15, 0.2) is 5.82 Å². The number of halogens is 1. The first-order valence-corrected chi connectivity index (χ1v) is 8.72. The average molecular weight is 361 g/mol. The summed E-state index contributed by atoms with van der Waals surface area (Å²) in [5.74, 6) is 0.719. The highest BCUT2D eigenvalue weighted by atomic mass is 19.1. The lowest BCUT2D eigenvalue weighted by molar-refractivity contribution is 0.308. The highest BCUT2D eigenvalue weighted by Gasteiger charge is 2.18. The smallest absolute Gasteiger partial charge is 0.153 e. The van der Waals surface area contributed by atoms with Gasteiger partial charge in [-0.05, 0) is 35.6 Å². The van der Waals surface area contributed by atoms with Gasteiger partial charge in [0.2, 0.25) is 0 Å². The summed E-state index contributed by atoms with van der Waals surface area (Å²) < 4.78 is 22.5. The molecule has 0 spiro atoms. The monoisotopic (exact) mass is 361 g/mol. The topological polar surface area (TPSA) is 53.1 Å². The lowest BCUT2D eigenvalue weighted by Crippen LogP contribution is -1.99. The lowest BCUT2D eigenvalue weighted by atomic mass is 9.97. The van der Waals surface area contributed by atoms with E-state index in [4.69, 9.17) is 10.5 Å². The third-order valence-corrected chi connectivity index (χ3v) is 4.65. The van der Waals surface area contributed by atoms with Crippen molar-refractivity contribution in [1.82, 2.24) is 9.78 Å². The molecule has 5 heteroatoms. The zero-order valence-corrected chi connectivity index (χ0v) is 15.2. The number of ether oxygens (including phenoxy) is 1. The zero-order chi connectivity index (χ0) is 19.0. The minimum absolute atomic E-state index is 0.302. The Morgan fingerprint density at radius 3 is 2.48 bits per heavy atom. The predicted molar refractivity (Wildman–Crippen MR) is 106 cm³/mol. The van der Waals surface area contributed by atoms with Crippen molar-refractivity contribution in [3.05, 3.63) is 77.7 Å². The summed E-state index contributed by atoms with van der Waals surface area (Å²) in [6, 6.07) is 17.0. The van der Waals surface area contributed by atoms with Crippen LogP contribution in [0.5, 0.6) is 5.75 Å². The Morgan fingerprint density at radius 1 is 1.04 bits per heavy atom. The molecule has 4 nitrogen and oxygen atoms in total. The van der Waals surface area contributed by atoms with Gasteiger partial charge in [-0.1, -0.05) is 42.5 Å². The van der Waals surface area contributed by atoms with Gasteiger partial charge in [0.05, 0.1) is 0 Å². The largest absolute Gasteiger partial charge is 0.488 e. The van der Waals surface area contributed by atoms with E-state index in [9.17, 15) is 4.39 Å². The maximum atomic E-state index is 14.7. The van der Waals surface area contributed by atoms with E-state index in [1.54, 1.807) is 24.0 Å². The molecule has 1 heterocycles. The van der Waals surface area contributed by atoms with Gasteiger partial charge >= 0.3 is 0 Å². The van der Waals surface area contributed by atoms with Crippen LogP contribution in [0.3, 0.4) is 0 Å². The molecule has 0 bridgehead atoms. The summed E-state index contributed by atoms with van der Waals surface area (Å²) in [7, 11) is 1.77. The first-order valence-electron chi connectivity index (χ1n) is 8.72. The van der Waals surface area contributed by atoms with Crippen LogP contribution < -0.4 is 10.5 Å². The van der Waals surface area contributed by atoms with Crippen LogP contribution in [0.2, 0.25) is 0 Å². The van der Waals surface area contributed by atoms with Gasteiger partial charge in [0.1, 0.15) is 18.2 Å². The molecule has 0 radical (unpaired) electrons. The molecule has 4 aromatic rings. The molecule has 0 atom stereocenters. The standard InChI is InChI=1S/C22H20FN3O/c1-14-8-9-16-17(21(14)27-13-15-6-4-3-5-7-15)10-11-19(23)20(16)18-12-26(2)25-22(18)24/h3-12H,13H2,1-2H3,(H2,24,25). The molecule has 0 unspecified atom stereocenters. The van der Waals surface area contributed by atoms with Crippen LogP contribution >= 0.6 is 0 Å². The fraction of sp³-hybridized carbons (Fsp3) is 0.136. The molecule has 136 valence electrons. The number of hydrogen-bond donors (Lipinski definition) is 1. The maximum absolute atomic E-state index is 14.7. The summed E-state index contributed by atoms with van der Waals surface area (Å²) in [6.07, 6.45) is 1.73. The number of benzene rings is 3. The fourth-order valence-corrected chi connectivity index (χ4v) is 3.35. The number of nitrogens with two attached hydrogens (primary N) is 1. The second-order valence-corrected chi connectivity index (χ2v) is 6.61. The molecule has 27 heavy (non-hydrogen) atoms. The maximum Gasteiger partial charge on any atom is 0.153 e. The zero-order valence-electron chi connectivity index (χ0n) is 15.2. The highest BCUT2D eigenvalue weighted by Crippen LogP contribution is 2.39. The molecule has 0 amide bonds. The molecule has 1 aromatic heterocycles. The third-order valence-electron chi connectivity index (χ3n) is 4.65. The van der Waals surface area contributed by atoms with Gasteiger partial charge in [-0.2, -0.15) is 5.10 Å². The SMILES string of the molecule is Cc1ccc2c(-c3cn(C)nc3N)c(F)ccc2c1OCc1ccccc1. The van der Waals surface area contributed by atoms with Crippen molar-refractivity contribution in [2.75, 3.05) is 5.73 Å². The van der Waals surface area contributed by atoms with Crippen LogP contribution in [0.4, 0.5) is 10.2 Å². The average Bonchev–Trinajstić information content (AvgIpc) is 2.99. The van der Waals surface area contributed by atoms with Crippen molar-refractivity contribution in [2.24, 2.45) is 7.05 Å². The molecule has 0 saturated heterocycles. The number of hydrogen-bond acceptors (Lipinski definition) is 3. The van der Waals surface area contributed by atoms with Gasteiger partial charge in [-0.3, -0.25) is 4.68 Å². The molecular formula is C22H20FN3O. The van der Waals surface area contributed by atoms with E-state index in [2.05, 4.69) is 5.10 Å². The predicted octanol–water partition coefficient (Wildman–Crippen LogP) is 4.85. The van der Waals surface area contributed by atoms with Crippen molar-refractivity contribution >= 4 is 16.6 Å². The van der Waals surface area contributed by atoms with Gasteiger partial charge in [0.25, 0.3) is 0 Å². The van der Waals surface area contributed by atoms with Crippen molar-refractivity contribution < 1.29 is 9.13 Å². The second-order valence-electron chi connectivity index (χ2n) is 6.61. The molecule has 0 aliphatic rings. The third kappa shape index (κ3) is 3.12. The van der Waals surface area contributed by atoms with Gasteiger partial charge in [-0.15, -0.1) is 0 Å². The Kier molecular flexibility index (Phi) is 4.28. The Hall–Kier alpha value is -3.34. The molecule has 0 fully saturated rings. The van der Waals surface area contributed by atoms with Gasteiger partial charge in [0, 0.05) is 29.8 Å². The van der Waals surface area contributed by atoms with Crippen molar-refractivity contribution in [3.63, 3.8) is 0 Å². The van der Waals surface area contributed by atoms with Crippen LogP contribution in [0.1, 0.15) is 11.1 Å². The van der Waals surface area contributed by atoms with E-state index in [1.807, 2.05) is 49.4 Å². The normalized spacial score (nSPS) is 11.1. The van der Waals surface area contributed by atoms with Crippen LogP contribution in [-0.4, -0.2) is 9.78 Å². The second kappa shape index (κ2) is 6.76. The molecule has 3 aromatic carbocycles. The van der Waals surface area contributed by atoms with Crippen LogP contribution in [0.15, 0.2) is 60.8 Å². The van der Waals surface area contributed by atoms with Gasteiger partial charge in [-0.25, -0.2) is 4.39 Å². The molecule has 0 aliphatic carbocycles. The summed E-state index contributed by atoms with van der Waals surface area (Å²) >= 11 is 0. The number of rotatable bonds is 4. The Labute approximate surface area is 157 Å². The number of aromatic nitrogens is 2. The number of nitrogen functional groups attached to an aromatic ring is 1. The van der Waals surface area contributed by atoms with E-state index in [0.717, 1.165) is 27.6 Å². The summed E-state index contributed by atoms with van der Waals surface area (Å²) in [5.41, 5.74) is 9.11. The Bertz CT molecular complexity index is 1120. The van der Waals surface area contributed by atoms with E-state index in [0.29, 0.717) is 23.6 Å². The number of anilines is 1. The van der Waals surface area contributed by atoms with E-state index in [1.165, 1.54) is 6.07 Å². The molecule has 4 rings (SSSR count). The van der Waals surface area contributed by atoms with E-state index < -0.39 is 0 Å². The molecule has 0 aliphatic heterocycles. The summed E-state index contributed by atoms with van der Waals surface area (Å²) in [4.78, 5) is 0. The molecular weight excluding hydrogens is 341 g/mol. The summed E-state index contributed by atoms with van der Waals surface area (Å²) in [5, 5.41) is 5.75. The summed E-state index contributed by atoms with van der Waals surface area (Å²) in [6.45, 7) is 2.43. The fourth-order valence-electron chi connectivity index (χ4n) is 3.35. The first kappa shape index (κ1) is 17.1. The minimum atomic E-state index is -0.333. The number of nitrogens with zero attached hydrogens (tertiary/aromatic N) is 2. The van der Waals surface area contributed by atoms with Gasteiger partial charge < -0.3 is 10.5 Å². The highest BCUT2D eigenvalue weighted by molar-refractivity contribution is 6.02. The molecule has 0 saturated carbocycles. The number of fused-ring (bicyclic) bond motifs is 1. The Balaban J connectivity index is 1.85. The lowest BCUT2D eigenvalue weighted by Gasteiger charge is -2.15. The van der Waals surface area contributed by atoms with E-state index >= 15 is 0 Å². The van der Waals surface area contributed by atoms with Crippen molar-refractivity contribution in [2.45, 2.75) is 13.5 Å². The van der Waals surface area contributed by atoms with Crippen molar-refractivity contribution in [1.29, 1.82) is 0 Å². The van der Waals surface area contributed by atoms with Crippen LogP contribution in [0, 0.1) is 12.7 Å². The van der Waals surface area contributed by atoms with E-state index in [-0.39, 0.29) is 5.82 Å². The first-order chi connectivity index (χ1) is 13.0. The Morgan fingerprint density at radius 2 is 1.78 bits per heavy atom. The minimum Gasteiger partial charge on any atom is -0.488 e. The quantitative estimate of drug-likeness (QED) is 0.565. The van der Waals surface area contributed by atoms with Crippen LogP contribution in [-0.2, 0) is 13.7 Å². The molecule has 2 N–H and O–H groups in total. The van der Waals surface area contributed by atoms with Crippen molar-refractivity contribution in [3.8, 4) is 16.9 Å². The van der Waals surface area contributed by atoms with Crippen LogP contribution in [0.25, 0.3) is 21.9 Å². The number of aryl methyl sites for hydroxylation is 2.